The summed E-state index contributed by atoms with van der Waals surface area (Å²) >= 11 is 0. The van der Waals surface area contributed by atoms with Gasteiger partial charge in [0.05, 0.1) is 12.0 Å². The molecule has 0 aromatic heterocycles. The van der Waals surface area contributed by atoms with Gasteiger partial charge in [-0.05, 0) is 87.0 Å². The van der Waals surface area contributed by atoms with Crippen LogP contribution in [0.4, 0.5) is 0 Å². The Hall–Kier alpha value is -1.70. The first kappa shape index (κ1) is 30.3. The van der Waals surface area contributed by atoms with E-state index in [1.54, 1.807) is 13.8 Å². The molecule has 3 fully saturated rings. The van der Waals surface area contributed by atoms with Crippen LogP contribution in [0.15, 0.2) is 24.3 Å². The minimum Gasteiger partial charge on any atom is -0.462 e. The van der Waals surface area contributed by atoms with Crippen molar-refractivity contribution in [3.05, 3.63) is 24.3 Å². The Labute approximate surface area is 234 Å². The average molecular weight is 547 g/mol. The van der Waals surface area contributed by atoms with Crippen molar-refractivity contribution in [1.82, 2.24) is 0 Å². The lowest BCUT2D eigenvalue weighted by Gasteiger charge is -2.54. The maximum absolute atomic E-state index is 13.1. The summed E-state index contributed by atoms with van der Waals surface area (Å²) < 4.78 is 11.6. The third-order valence-corrected chi connectivity index (χ3v) is 10.6. The van der Waals surface area contributed by atoms with Crippen molar-refractivity contribution in [2.24, 2.45) is 46.8 Å². The molecule has 0 radical (unpaired) electrons. The van der Waals surface area contributed by atoms with Crippen LogP contribution in [0.5, 0.6) is 0 Å². The molecule has 39 heavy (non-hydrogen) atoms. The standard InChI is InChI=1S/C32H50O7/c1-17(2)14-30(7,36)16-27(33)39-26-13-22(18(3)4)25-12-23-19(5)32(37)24(20(6)38-29(35)28(32)34)11-9-10-21(23)15-31(25,26)8/h9-10,17-18,20-26,28,34,36-37H,5,11-16H2,1-4,6-8H3/b10-9-/t20-,21?,22+,23?,24?,25?,26-,28+,30?,31+,32+/m0/s1. The van der Waals surface area contributed by atoms with E-state index in [0.717, 1.165) is 19.3 Å². The Morgan fingerprint density at radius 1 is 1.26 bits per heavy atom. The fourth-order valence-corrected chi connectivity index (χ4v) is 8.77. The molecular formula is C32H50O7. The number of cyclic esters (lactones) is 1. The van der Waals surface area contributed by atoms with Gasteiger partial charge in [0.2, 0.25) is 0 Å². The molecule has 2 saturated carbocycles. The number of fused-ring (bicyclic) bond motifs is 3. The van der Waals surface area contributed by atoms with Crippen molar-refractivity contribution in [1.29, 1.82) is 0 Å². The van der Waals surface area contributed by atoms with Crippen LogP contribution in [0.25, 0.3) is 0 Å². The van der Waals surface area contributed by atoms with E-state index in [4.69, 9.17) is 9.47 Å². The van der Waals surface area contributed by atoms with Crippen LogP contribution in [0.1, 0.15) is 87.0 Å². The maximum atomic E-state index is 13.1. The Balaban J connectivity index is 1.63. The first-order valence-electron chi connectivity index (χ1n) is 14.9. The van der Waals surface area contributed by atoms with Gasteiger partial charge in [-0.15, -0.1) is 0 Å². The summed E-state index contributed by atoms with van der Waals surface area (Å²) in [4.78, 5) is 25.6. The van der Waals surface area contributed by atoms with Crippen molar-refractivity contribution in [3.8, 4) is 0 Å². The van der Waals surface area contributed by atoms with Gasteiger partial charge < -0.3 is 24.8 Å². The lowest BCUT2D eigenvalue weighted by molar-refractivity contribution is -0.209. The highest BCUT2D eigenvalue weighted by Gasteiger charge is 2.63. The second-order valence-electron chi connectivity index (χ2n) is 14.4. The number of esters is 2. The molecule has 0 aromatic rings. The lowest BCUT2D eigenvalue weighted by Crippen LogP contribution is -2.63. The number of rotatable bonds is 6. The number of carbonyl (C=O) groups is 2. The van der Waals surface area contributed by atoms with Crippen LogP contribution in [-0.2, 0) is 19.1 Å². The number of allylic oxidation sites excluding steroid dienone is 2. The van der Waals surface area contributed by atoms with Gasteiger partial charge in [-0.25, -0.2) is 4.79 Å². The minimum atomic E-state index is -1.75. The Morgan fingerprint density at radius 3 is 2.54 bits per heavy atom. The normalized spacial score (nSPS) is 44.4. The number of hydrogen-bond donors (Lipinski definition) is 3. The van der Waals surface area contributed by atoms with Gasteiger partial charge in [0.25, 0.3) is 0 Å². The first-order chi connectivity index (χ1) is 18.0. The van der Waals surface area contributed by atoms with Crippen LogP contribution in [0.3, 0.4) is 0 Å². The number of carbonyl (C=O) groups excluding carboxylic acids is 2. The molecule has 1 heterocycles. The summed E-state index contributed by atoms with van der Waals surface area (Å²) in [7, 11) is 0. The fraction of sp³-hybridized carbons (Fsp3) is 0.812. The van der Waals surface area contributed by atoms with Gasteiger partial charge in [-0.3, -0.25) is 4.79 Å². The van der Waals surface area contributed by atoms with Crippen LogP contribution in [0.2, 0.25) is 0 Å². The molecule has 0 bridgehead atoms. The Morgan fingerprint density at radius 2 is 1.92 bits per heavy atom. The van der Waals surface area contributed by atoms with Gasteiger partial charge in [0.15, 0.2) is 6.10 Å². The topological polar surface area (TPSA) is 113 Å². The molecule has 11 atom stereocenters. The molecule has 0 spiro atoms. The molecule has 0 amide bonds. The third-order valence-electron chi connectivity index (χ3n) is 10.6. The van der Waals surface area contributed by atoms with Crippen LogP contribution in [0, 0.1) is 46.8 Å². The molecule has 3 aliphatic carbocycles. The lowest BCUT2D eigenvalue weighted by atomic mass is 9.54. The second kappa shape index (κ2) is 10.6. The molecule has 0 aromatic carbocycles. The molecule has 4 aliphatic rings. The second-order valence-corrected chi connectivity index (χ2v) is 14.4. The predicted octanol–water partition coefficient (Wildman–Crippen LogP) is 4.58. The summed E-state index contributed by atoms with van der Waals surface area (Å²) in [5, 5.41) is 33.7. The van der Waals surface area contributed by atoms with Crippen molar-refractivity contribution >= 4 is 11.9 Å². The zero-order chi connectivity index (χ0) is 29.1. The van der Waals surface area contributed by atoms with Crippen molar-refractivity contribution in [2.45, 2.75) is 117 Å². The van der Waals surface area contributed by atoms with Crippen molar-refractivity contribution in [2.75, 3.05) is 0 Å². The first-order valence-corrected chi connectivity index (χ1v) is 14.9. The van der Waals surface area contributed by atoms with E-state index >= 15 is 0 Å². The third kappa shape index (κ3) is 5.36. The number of ether oxygens (including phenoxy) is 2. The highest BCUT2D eigenvalue weighted by atomic mass is 16.6. The van der Waals surface area contributed by atoms with E-state index < -0.39 is 35.3 Å². The van der Waals surface area contributed by atoms with E-state index in [1.165, 1.54) is 0 Å². The molecule has 4 rings (SSSR count). The molecule has 220 valence electrons. The summed E-state index contributed by atoms with van der Waals surface area (Å²) in [6.45, 7) is 18.5. The molecular weight excluding hydrogens is 496 g/mol. The van der Waals surface area contributed by atoms with Gasteiger partial charge in [-0.1, -0.05) is 53.3 Å². The summed E-state index contributed by atoms with van der Waals surface area (Å²) in [6, 6.07) is 0. The van der Waals surface area contributed by atoms with Crippen LogP contribution >= 0.6 is 0 Å². The van der Waals surface area contributed by atoms with Gasteiger partial charge in [0.1, 0.15) is 17.8 Å². The highest BCUT2D eigenvalue weighted by molar-refractivity contribution is 5.78. The molecule has 7 nitrogen and oxygen atoms in total. The number of aliphatic hydroxyl groups is 3. The summed E-state index contributed by atoms with van der Waals surface area (Å²) in [6.07, 6.45) is 4.97. The highest BCUT2D eigenvalue weighted by Crippen LogP contribution is 2.63. The molecule has 3 N–H and O–H groups in total. The van der Waals surface area contributed by atoms with Crippen LogP contribution < -0.4 is 0 Å². The molecule has 7 heteroatoms. The predicted molar refractivity (Wildman–Crippen MR) is 148 cm³/mol. The zero-order valence-electron chi connectivity index (χ0n) is 24.9. The minimum absolute atomic E-state index is 0.0281. The van der Waals surface area contributed by atoms with E-state index in [-0.39, 0.29) is 47.6 Å². The van der Waals surface area contributed by atoms with Gasteiger partial charge >= 0.3 is 11.9 Å². The van der Waals surface area contributed by atoms with E-state index in [2.05, 4.69) is 33.4 Å². The Bertz CT molecular complexity index is 998. The largest absolute Gasteiger partial charge is 0.462 e. The van der Waals surface area contributed by atoms with E-state index in [0.29, 0.717) is 30.3 Å². The molecule has 1 aliphatic heterocycles. The monoisotopic (exact) mass is 546 g/mol. The summed E-state index contributed by atoms with van der Waals surface area (Å²) in [5.74, 6) is -0.579. The van der Waals surface area contributed by atoms with Gasteiger partial charge in [0, 0.05) is 11.3 Å². The quantitative estimate of drug-likeness (QED) is 0.330. The van der Waals surface area contributed by atoms with E-state index in [9.17, 15) is 24.9 Å². The van der Waals surface area contributed by atoms with E-state index in [1.807, 2.05) is 19.9 Å². The smallest absolute Gasteiger partial charge is 0.338 e. The maximum Gasteiger partial charge on any atom is 0.338 e. The summed E-state index contributed by atoms with van der Waals surface area (Å²) in [5.41, 5.74) is -2.62. The Kier molecular flexibility index (Phi) is 8.23. The fourth-order valence-electron chi connectivity index (χ4n) is 8.77. The van der Waals surface area contributed by atoms with Crippen molar-refractivity contribution in [3.63, 3.8) is 0 Å². The van der Waals surface area contributed by atoms with Crippen molar-refractivity contribution < 1.29 is 34.4 Å². The average Bonchev–Trinajstić information content (AvgIpc) is 3.08. The number of hydrogen-bond acceptors (Lipinski definition) is 7. The SMILES string of the molecule is C=C1C2CC3[C@@H](C(C)C)C[C@H](OC(=O)CC(C)(O)CC(C)C)[C@]3(C)CC2/C=C\CC2[C@H](C)OC(=O)[C@@H](O)[C@@]12O. The molecule has 1 saturated heterocycles. The van der Waals surface area contributed by atoms with Crippen LogP contribution in [-0.4, -0.2) is 56.8 Å². The molecule has 5 unspecified atom stereocenters. The number of aliphatic hydroxyl groups excluding tert-OH is 1. The van der Waals surface area contributed by atoms with Gasteiger partial charge in [-0.2, -0.15) is 0 Å². The zero-order valence-corrected chi connectivity index (χ0v) is 24.9.